The Hall–Kier alpha value is -1.52. The second-order valence-corrected chi connectivity index (χ2v) is 4.48. The Morgan fingerprint density at radius 3 is 2.82 bits per heavy atom. The number of hydrogen-bond acceptors (Lipinski definition) is 3. The predicted octanol–water partition coefficient (Wildman–Crippen LogP) is 1.70. The van der Waals surface area contributed by atoms with Gasteiger partial charge in [0.2, 0.25) is 0 Å². The summed E-state index contributed by atoms with van der Waals surface area (Å²) in [7, 11) is 1.75. The lowest BCUT2D eigenvalue weighted by atomic mass is 10.1. The Kier molecular flexibility index (Phi) is 5.00. The maximum atomic E-state index is 11.9. The molecule has 1 rings (SSSR count). The first-order chi connectivity index (χ1) is 8.04. The van der Waals surface area contributed by atoms with E-state index in [0.717, 1.165) is 12.8 Å². The lowest BCUT2D eigenvalue weighted by Crippen LogP contribution is -2.33. The van der Waals surface area contributed by atoms with Crippen molar-refractivity contribution < 1.29 is 4.79 Å². The summed E-state index contributed by atoms with van der Waals surface area (Å²) in [4.78, 5) is 11.9. The average molecular weight is 238 g/mol. The van der Waals surface area contributed by atoms with Gasteiger partial charge in [0.05, 0.1) is 5.69 Å². The van der Waals surface area contributed by atoms with Crippen LogP contribution in [0.4, 0.5) is 5.69 Å². The van der Waals surface area contributed by atoms with Gasteiger partial charge >= 0.3 is 0 Å². The van der Waals surface area contributed by atoms with Crippen molar-refractivity contribution in [3.05, 3.63) is 11.9 Å². The number of anilines is 1. The highest BCUT2D eigenvalue weighted by molar-refractivity contribution is 5.97. The third kappa shape index (κ3) is 4.09. The van der Waals surface area contributed by atoms with E-state index in [2.05, 4.69) is 17.3 Å². The Balaban J connectivity index is 2.46. The number of nitrogens with two attached hydrogens (primary N) is 1. The molecule has 1 amide bonds. The van der Waals surface area contributed by atoms with Crippen LogP contribution in [0.5, 0.6) is 0 Å². The van der Waals surface area contributed by atoms with Gasteiger partial charge in [0.1, 0.15) is 0 Å². The summed E-state index contributed by atoms with van der Waals surface area (Å²) in [6, 6.07) is 0.162. The predicted molar refractivity (Wildman–Crippen MR) is 68.7 cm³/mol. The molecule has 96 valence electrons. The molecule has 0 aliphatic heterocycles. The monoisotopic (exact) mass is 238 g/mol. The fourth-order valence-electron chi connectivity index (χ4n) is 1.75. The quantitative estimate of drug-likeness (QED) is 0.741. The van der Waals surface area contributed by atoms with Crippen molar-refractivity contribution >= 4 is 11.6 Å². The molecule has 1 aromatic heterocycles. The van der Waals surface area contributed by atoms with E-state index in [4.69, 9.17) is 5.73 Å². The largest absolute Gasteiger partial charge is 0.396 e. The third-order valence-corrected chi connectivity index (χ3v) is 2.69. The van der Waals surface area contributed by atoms with Crippen LogP contribution in [0.3, 0.4) is 0 Å². The van der Waals surface area contributed by atoms with E-state index in [9.17, 15) is 4.79 Å². The van der Waals surface area contributed by atoms with Crippen molar-refractivity contribution in [2.75, 3.05) is 5.73 Å². The number of amides is 1. The first-order valence-corrected chi connectivity index (χ1v) is 6.14. The van der Waals surface area contributed by atoms with Gasteiger partial charge in [-0.1, -0.05) is 26.2 Å². The van der Waals surface area contributed by atoms with Gasteiger partial charge in [-0.3, -0.25) is 9.48 Å². The number of nitrogen functional groups attached to an aromatic ring is 1. The van der Waals surface area contributed by atoms with Crippen molar-refractivity contribution in [1.82, 2.24) is 15.1 Å². The van der Waals surface area contributed by atoms with E-state index in [1.165, 1.54) is 12.8 Å². The van der Waals surface area contributed by atoms with E-state index in [1.807, 2.05) is 6.92 Å². The molecule has 17 heavy (non-hydrogen) atoms. The summed E-state index contributed by atoms with van der Waals surface area (Å²) in [6.45, 7) is 4.17. The topological polar surface area (TPSA) is 72.9 Å². The maximum Gasteiger partial charge on any atom is 0.274 e. The van der Waals surface area contributed by atoms with E-state index in [-0.39, 0.29) is 11.9 Å². The molecule has 1 aromatic rings. The minimum absolute atomic E-state index is 0.162. The summed E-state index contributed by atoms with van der Waals surface area (Å²) >= 11 is 0. The molecular formula is C12H22N4O. The average Bonchev–Trinajstić information content (AvgIpc) is 2.58. The van der Waals surface area contributed by atoms with E-state index >= 15 is 0 Å². The van der Waals surface area contributed by atoms with Crippen LogP contribution in [0, 0.1) is 0 Å². The van der Waals surface area contributed by atoms with Crippen LogP contribution in [-0.4, -0.2) is 21.7 Å². The Bertz CT molecular complexity index is 373. The van der Waals surface area contributed by atoms with Gasteiger partial charge in [-0.25, -0.2) is 0 Å². The Morgan fingerprint density at radius 2 is 2.29 bits per heavy atom. The maximum absolute atomic E-state index is 11.9. The van der Waals surface area contributed by atoms with Crippen molar-refractivity contribution in [1.29, 1.82) is 0 Å². The second-order valence-electron chi connectivity index (χ2n) is 4.48. The van der Waals surface area contributed by atoms with E-state index in [1.54, 1.807) is 17.9 Å². The fraction of sp³-hybridized carbons (Fsp3) is 0.667. The molecule has 5 heteroatoms. The summed E-state index contributed by atoms with van der Waals surface area (Å²) in [6.07, 6.45) is 6.15. The van der Waals surface area contributed by atoms with Crippen LogP contribution < -0.4 is 11.1 Å². The highest BCUT2D eigenvalue weighted by Gasteiger charge is 2.15. The number of aromatic nitrogens is 2. The lowest BCUT2D eigenvalue weighted by Gasteiger charge is -2.12. The van der Waals surface area contributed by atoms with Gasteiger partial charge in [-0.05, 0) is 13.3 Å². The summed E-state index contributed by atoms with van der Waals surface area (Å²) < 4.78 is 1.55. The number of hydrogen-bond donors (Lipinski definition) is 2. The summed E-state index contributed by atoms with van der Waals surface area (Å²) in [5.74, 6) is -0.188. The molecule has 0 aromatic carbocycles. The van der Waals surface area contributed by atoms with Crippen LogP contribution in [0.15, 0.2) is 6.20 Å². The molecule has 1 heterocycles. The Morgan fingerprint density at radius 1 is 1.59 bits per heavy atom. The first kappa shape index (κ1) is 13.5. The smallest absolute Gasteiger partial charge is 0.274 e. The van der Waals surface area contributed by atoms with Gasteiger partial charge in [-0.15, -0.1) is 0 Å². The van der Waals surface area contributed by atoms with Gasteiger partial charge < -0.3 is 11.1 Å². The summed E-state index contributed by atoms with van der Waals surface area (Å²) in [5.41, 5.74) is 6.43. The number of aryl methyl sites for hydroxylation is 1. The molecule has 0 aliphatic carbocycles. The highest BCUT2D eigenvalue weighted by atomic mass is 16.2. The SMILES string of the molecule is CCCCCC(C)NC(=O)c1nn(C)cc1N. The van der Waals surface area contributed by atoms with Crippen LogP contribution >= 0.6 is 0 Å². The molecule has 0 radical (unpaired) electrons. The van der Waals surface area contributed by atoms with Crippen LogP contribution in [0.2, 0.25) is 0 Å². The number of unbranched alkanes of at least 4 members (excludes halogenated alkanes) is 2. The van der Waals surface area contributed by atoms with Gasteiger partial charge in [0.25, 0.3) is 5.91 Å². The van der Waals surface area contributed by atoms with Crippen LogP contribution in [-0.2, 0) is 7.05 Å². The molecule has 1 unspecified atom stereocenters. The molecule has 0 spiro atoms. The zero-order valence-corrected chi connectivity index (χ0v) is 10.9. The number of carbonyl (C=O) groups excluding carboxylic acids is 1. The zero-order chi connectivity index (χ0) is 12.8. The number of carbonyl (C=O) groups is 1. The number of rotatable bonds is 6. The van der Waals surface area contributed by atoms with Gasteiger partial charge in [0.15, 0.2) is 5.69 Å². The molecule has 0 saturated carbocycles. The van der Waals surface area contributed by atoms with Crippen molar-refractivity contribution in [3.63, 3.8) is 0 Å². The minimum Gasteiger partial charge on any atom is -0.396 e. The molecule has 0 aliphatic rings. The molecule has 1 atom stereocenters. The fourth-order valence-corrected chi connectivity index (χ4v) is 1.75. The van der Waals surface area contributed by atoms with Crippen molar-refractivity contribution in [2.24, 2.45) is 7.05 Å². The van der Waals surface area contributed by atoms with E-state index < -0.39 is 0 Å². The number of nitrogens with zero attached hydrogens (tertiary/aromatic N) is 2. The Labute approximate surface area is 102 Å². The second kappa shape index (κ2) is 6.27. The molecule has 0 fully saturated rings. The van der Waals surface area contributed by atoms with E-state index in [0.29, 0.717) is 11.4 Å². The molecular weight excluding hydrogens is 216 g/mol. The van der Waals surface area contributed by atoms with Crippen molar-refractivity contribution in [3.8, 4) is 0 Å². The lowest BCUT2D eigenvalue weighted by molar-refractivity contribution is 0.0933. The molecule has 3 N–H and O–H groups in total. The first-order valence-electron chi connectivity index (χ1n) is 6.14. The normalized spacial score (nSPS) is 12.4. The van der Waals surface area contributed by atoms with Crippen molar-refractivity contribution in [2.45, 2.75) is 45.6 Å². The molecule has 0 bridgehead atoms. The van der Waals surface area contributed by atoms with Crippen LogP contribution in [0.25, 0.3) is 0 Å². The summed E-state index contributed by atoms with van der Waals surface area (Å²) in [5, 5.41) is 6.95. The van der Waals surface area contributed by atoms with Gasteiger partial charge in [-0.2, -0.15) is 5.10 Å². The number of nitrogens with one attached hydrogen (secondary N) is 1. The zero-order valence-electron chi connectivity index (χ0n) is 10.9. The highest BCUT2D eigenvalue weighted by Crippen LogP contribution is 2.09. The van der Waals surface area contributed by atoms with Crippen LogP contribution in [0.1, 0.15) is 50.0 Å². The standard InChI is InChI=1S/C12H22N4O/c1-4-5-6-7-9(2)14-12(17)11-10(13)8-16(3)15-11/h8-9H,4-7,13H2,1-3H3,(H,14,17). The minimum atomic E-state index is -0.188. The third-order valence-electron chi connectivity index (χ3n) is 2.69. The molecule has 5 nitrogen and oxygen atoms in total. The molecule has 0 saturated heterocycles. The van der Waals surface area contributed by atoms with Gasteiger partial charge in [0, 0.05) is 19.3 Å².